The molecule has 0 atom stereocenters. The average molecular weight is 157 g/mol. The summed E-state index contributed by atoms with van der Waals surface area (Å²) < 4.78 is 4.53. The number of allylic oxidation sites excluding steroid dienone is 1. The summed E-state index contributed by atoms with van der Waals surface area (Å²) in [6.07, 6.45) is 1.39. The smallest absolute Gasteiger partial charge is 0.411 e. The van der Waals surface area contributed by atoms with Crippen molar-refractivity contribution in [3.8, 4) is 0 Å². The lowest BCUT2D eigenvalue weighted by Crippen LogP contribution is -2.18. The van der Waals surface area contributed by atoms with Crippen LogP contribution in [0.5, 0.6) is 0 Å². The van der Waals surface area contributed by atoms with Gasteiger partial charge in [-0.05, 0) is 13.8 Å². The molecular formula is C7H11NO3. The Morgan fingerprint density at radius 3 is 2.73 bits per heavy atom. The van der Waals surface area contributed by atoms with Crippen LogP contribution in [0.1, 0.15) is 13.8 Å². The van der Waals surface area contributed by atoms with E-state index in [9.17, 15) is 9.59 Å². The molecule has 0 aromatic rings. The van der Waals surface area contributed by atoms with Crippen LogP contribution in [0.25, 0.3) is 0 Å². The van der Waals surface area contributed by atoms with Crippen LogP contribution in [0, 0.1) is 0 Å². The highest BCUT2D eigenvalue weighted by molar-refractivity contribution is 5.75. The summed E-state index contributed by atoms with van der Waals surface area (Å²) in [4.78, 5) is 20.6. The van der Waals surface area contributed by atoms with Gasteiger partial charge in [0.05, 0.1) is 6.61 Å². The summed E-state index contributed by atoms with van der Waals surface area (Å²) in [5.41, 5.74) is 0.443. The molecule has 0 aromatic heterocycles. The maximum atomic E-state index is 10.6. The molecule has 0 aliphatic heterocycles. The number of nitrogens with one attached hydrogen (secondary N) is 1. The van der Waals surface area contributed by atoms with Crippen molar-refractivity contribution >= 4 is 12.4 Å². The maximum absolute atomic E-state index is 10.6. The van der Waals surface area contributed by atoms with Crippen molar-refractivity contribution in [3.05, 3.63) is 11.8 Å². The first-order valence-electron chi connectivity index (χ1n) is 3.26. The Labute approximate surface area is 65.2 Å². The molecule has 0 fully saturated rings. The summed E-state index contributed by atoms with van der Waals surface area (Å²) in [5, 5.41) is 2.28. The highest BCUT2D eigenvalue weighted by atomic mass is 16.5. The minimum absolute atomic E-state index is 0.319. The van der Waals surface area contributed by atoms with E-state index in [1.165, 1.54) is 6.20 Å². The number of hydrogen-bond acceptors (Lipinski definition) is 3. The molecular weight excluding hydrogens is 146 g/mol. The zero-order chi connectivity index (χ0) is 8.69. The van der Waals surface area contributed by atoms with Gasteiger partial charge in [-0.1, -0.05) is 0 Å². The molecule has 0 spiro atoms. The lowest BCUT2D eigenvalue weighted by Gasteiger charge is -1.98. The zero-order valence-corrected chi connectivity index (χ0v) is 6.59. The Bertz CT molecular complexity index is 175. The molecule has 0 heterocycles. The van der Waals surface area contributed by atoms with E-state index >= 15 is 0 Å². The van der Waals surface area contributed by atoms with Crippen molar-refractivity contribution in [1.29, 1.82) is 0 Å². The van der Waals surface area contributed by atoms with Crippen LogP contribution >= 0.6 is 0 Å². The number of amides is 1. The second-order valence-corrected chi connectivity index (χ2v) is 1.87. The Balaban J connectivity index is 3.68. The van der Waals surface area contributed by atoms with Gasteiger partial charge in [-0.25, -0.2) is 4.79 Å². The Kier molecular flexibility index (Phi) is 4.81. The van der Waals surface area contributed by atoms with Gasteiger partial charge in [0.1, 0.15) is 6.29 Å². The molecule has 62 valence electrons. The van der Waals surface area contributed by atoms with E-state index < -0.39 is 6.09 Å². The standard InChI is InChI=1S/C7H11NO3/c1-3-11-7(10)8-4-6(2)5-9/h4-5H,3H2,1-2H3,(H,8,10)/b6-4+. The molecule has 0 aromatic carbocycles. The lowest BCUT2D eigenvalue weighted by molar-refractivity contribution is -0.104. The molecule has 4 nitrogen and oxygen atoms in total. The number of alkyl carbamates (subject to hydrolysis) is 1. The largest absolute Gasteiger partial charge is 0.450 e. The van der Waals surface area contributed by atoms with Crippen molar-refractivity contribution in [1.82, 2.24) is 5.32 Å². The van der Waals surface area contributed by atoms with E-state index in [0.29, 0.717) is 18.5 Å². The SMILES string of the molecule is CCOC(=O)N/C=C(\C)C=O. The summed E-state index contributed by atoms with van der Waals surface area (Å²) in [6, 6.07) is 0. The molecule has 0 radical (unpaired) electrons. The van der Waals surface area contributed by atoms with Gasteiger partial charge in [0.25, 0.3) is 0 Å². The summed E-state index contributed by atoms with van der Waals surface area (Å²) in [7, 11) is 0. The average Bonchev–Trinajstić information content (AvgIpc) is 2.01. The molecule has 0 saturated heterocycles. The second kappa shape index (κ2) is 5.46. The molecule has 0 saturated carbocycles. The Morgan fingerprint density at radius 1 is 1.64 bits per heavy atom. The summed E-state index contributed by atoms with van der Waals surface area (Å²) >= 11 is 0. The Hall–Kier alpha value is -1.32. The number of hydrogen-bond donors (Lipinski definition) is 1. The molecule has 0 aliphatic carbocycles. The predicted molar refractivity (Wildman–Crippen MR) is 40.0 cm³/mol. The van der Waals surface area contributed by atoms with E-state index in [1.54, 1.807) is 13.8 Å². The van der Waals surface area contributed by atoms with Crippen molar-refractivity contribution < 1.29 is 14.3 Å². The predicted octanol–water partition coefficient (Wildman–Crippen LogP) is 0.835. The fourth-order valence-corrected chi connectivity index (χ4v) is 0.380. The first-order chi connectivity index (χ1) is 5.20. The van der Waals surface area contributed by atoms with Gasteiger partial charge in [0.15, 0.2) is 0 Å². The maximum Gasteiger partial charge on any atom is 0.411 e. The summed E-state index contributed by atoms with van der Waals surface area (Å²) in [5.74, 6) is 0. The fraction of sp³-hybridized carbons (Fsp3) is 0.429. The lowest BCUT2D eigenvalue weighted by atomic mass is 10.4. The second-order valence-electron chi connectivity index (χ2n) is 1.87. The van der Waals surface area contributed by atoms with Crippen molar-refractivity contribution in [3.63, 3.8) is 0 Å². The summed E-state index contributed by atoms with van der Waals surface area (Å²) in [6.45, 7) is 3.61. The number of carbonyl (C=O) groups excluding carboxylic acids is 2. The van der Waals surface area contributed by atoms with Crippen molar-refractivity contribution in [2.45, 2.75) is 13.8 Å². The number of rotatable bonds is 3. The molecule has 0 rings (SSSR count). The van der Waals surface area contributed by atoms with Gasteiger partial charge in [-0.3, -0.25) is 10.1 Å². The zero-order valence-electron chi connectivity index (χ0n) is 6.59. The fourth-order valence-electron chi connectivity index (χ4n) is 0.380. The highest BCUT2D eigenvalue weighted by Crippen LogP contribution is 1.83. The third kappa shape index (κ3) is 5.14. The molecule has 0 unspecified atom stereocenters. The minimum atomic E-state index is -0.547. The van der Waals surface area contributed by atoms with E-state index in [4.69, 9.17) is 0 Å². The first-order valence-corrected chi connectivity index (χ1v) is 3.26. The van der Waals surface area contributed by atoms with Crippen LogP contribution in [-0.2, 0) is 9.53 Å². The van der Waals surface area contributed by atoms with Gasteiger partial charge < -0.3 is 4.74 Å². The van der Waals surface area contributed by atoms with Crippen LogP contribution in [0.2, 0.25) is 0 Å². The van der Waals surface area contributed by atoms with Crippen LogP contribution in [0.15, 0.2) is 11.8 Å². The van der Waals surface area contributed by atoms with Gasteiger partial charge in [0.2, 0.25) is 0 Å². The third-order valence-corrected chi connectivity index (χ3v) is 0.879. The van der Waals surface area contributed by atoms with Crippen LogP contribution < -0.4 is 5.32 Å². The highest BCUT2D eigenvalue weighted by Gasteiger charge is 1.94. The number of ether oxygens (including phenoxy) is 1. The topological polar surface area (TPSA) is 55.4 Å². The van der Waals surface area contributed by atoms with Crippen molar-refractivity contribution in [2.75, 3.05) is 6.61 Å². The van der Waals surface area contributed by atoms with E-state index in [-0.39, 0.29) is 0 Å². The van der Waals surface area contributed by atoms with Gasteiger partial charge >= 0.3 is 6.09 Å². The minimum Gasteiger partial charge on any atom is -0.450 e. The molecule has 0 aliphatic rings. The van der Waals surface area contributed by atoms with E-state index in [0.717, 1.165) is 0 Å². The van der Waals surface area contributed by atoms with Gasteiger partial charge in [0, 0.05) is 11.8 Å². The van der Waals surface area contributed by atoms with Crippen LogP contribution in [0.4, 0.5) is 4.79 Å². The quantitative estimate of drug-likeness (QED) is 0.487. The number of carbonyl (C=O) groups is 2. The van der Waals surface area contributed by atoms with Crippen LogP contribution in [0.3, 0.4) is 0 Å². The van der Waals surface area contributed by atoms with Gasteiger partial charge in [-0.2, -0.15) is 0 Å². The molecule has 1 N–H and O–H groups in total. The molecule has 4 heteroatoms. The Morgan fingerprint density at radius 2 is 2.27 bits per heavy atom. The number of aldehydes is 1. The molecule has 0 bridgehead atoms. The van der Waals surface area contributed by atoms with Gasteiger partial charge in [-0.15, -0.1) is 0 Å². The van der Waals surface area contributed by atoms with Crippen LogP contribution in [-0.4, -0.2) is 19.0 Å². The van der Waals surface area contributed by atoms with E-state index in [2.05, 4.69) is 10.1 Å². The van der Waals surface area contributed by atoms with Crippen molar-refractivity contribution in [2.24, 2.45) is 0 Å². The van der Waals surface area contributed by atoms with E-state index in [1.807, 2.05) is 0 Å². The molecule has 1 amide bonds. The normalized spacial score (nSPS) is 10.5. The monoisotopic (exact) mass is 157 g/mol. The first kappa shape index (κ1) is 9.68. The third-order valence-electron chi connectivity index (χ3n) is 0.879. The molecule has 11 heavy (non-hydrogen) atoms.